The zero-order valence-corrected chi connectivity index (χ0v) is 22.8. The summed E-state index contributed by atoms with van der Waals surface area (Å²) >= 11 is 5.89. The minimum atomic E-state index is -4.72. The van der Waals surface area contributed by atoms with Gasteiger partial charge in [0, 0.05) is 25.0 Å². The topological polar surface area (TPSA) is 87.3 Å². The quantitative estimate of drug-likeness (QED) is 0.363. The van der Waals surface area contributed by atoms with Crippen molar-refractivity contribution in [1.29, 1.82) is 0 Å². The molecule has 0 saturated heterocycles. The summed E-state index contributed by atoms with van der Waals surface area (Å²) in [6.07, 6.45) is 2.75. The summed E-state index contributed by atoms with van der Waals surface area (Å²) < 4.78 is 67.0. The normalized spacial score (nSPS) is 19.2. The van der Waals surface area contributed by atoms with Gasteiger partial charge in [0.2, 0.25) is 15.9 Å². The Hall–Kier alpha value is -2.14. The van der Waals surface area contributed by atoms with Gasteiger partial charge in [-0.3, -0.25) is 4.79 Å². The third kappa shape index (κ3) is 7.28. The van der Waals surface area contributed by atoms with Gasteiger partial charge in [-0.25, -0.2) is 13.1 Å². The van der Waals surface area contributed by atoms with Gasteiger partial charge in [-0.15, -0.1) is 0 Å². The Morgan fingerprint density at radius 1 is 1.08 bits per heavy atom. The number of nitrogens with one attached hydrogen (secondary N) is 3. The number of hydrogen-bond donors (Lipinski definition) is 3. The second-order valence-electron chi connectivity index (χ2n) is 10.3. The van der Waals surface area contributed by atoms with Crippen molar-refractivity contribution in [3.8, 4) is 0 Å². The highest BCUT2D eigenvalue weighted by molar-refractivity contribution is 7.89. The predicted octanol–water partition coefficient (Wildman–Crippen LogP) is 5.64. The maximum absolute atomic E-state index is 13.1. The first-order valence-electron chi connectivity index (χ1n) is 13.0. The van der Waals surface area contributed by atoms with Crippen LogP contribution in [0.2, 0.25) is 5.02 Å². The number of amides is 1. The summed E-state index contributed by atoms with van der Waals surface area (Å²) in [5.74, 6) is -0.347. The number of hydrogen-bond acceptors (Lipinski definition) is 4. The van der Waals surface area contributed by atoms with E-state index in [9.17, 15) is 26.4 Å². The van der Waals surface area contributed by atoms with Crippen LogP contribution in [-0.4, -0.2) is 26.4 Å². The molecule has 0 aliphatic heterocycles. The van der Waals surface area contributed by atoms with Crippen molar-refractivity contribution in [3.05, 3.63) is 63.7 Å². The van der Waals surface area contributed by atoms with Crippen LogP contribution in [0.25, 0.3) is 0 Å². The van der Waals surface area contributed by atoms with E-state index in [2.05, 4.69) is 33.6 Å². The molecule has 0 bridgehead atoms. The van der Waals surface area contributed by atoms with Gasteiger partial charge in [0.15, 0.2) is 0 Å². The molecule has 0 aromatic heterocycles. The maximum atomic E-state index is 13.1. The van der Waals surface area contributed by atoms with Gasteiger partial charge in [-0.05, 0) is 73.9 Å². The summed E-state index contributed by atoms with van der Waals surface area (Å²) in [6.45, 7) is 2.31. The van der Waals surface area contributed by atoms with Crippen molar-refractivity contribution in [2.75, 3.05) is 0 Å². The standard InChI is InChI=1S/C27H33ClF3N3O3S/c1-17(34-38(36,37)25-15-20(27(29,30)31)10-12-23(25)28)13-26(35)33-24-8-4-5-19-14-18(9-11-22(19)24)16-32-21-6-2-3-7-21/h9-12,14-15,17,21,24,32,34H,2-8,13,16H2,1H3,(H,33,35)/t17-,24+/m0/s1. The molecule has 3 N–H and O–H groups in total. The van der Waals surface area contributed by atoms with Crippen LogP contribution in [-0.2, 0) is 34.0 Å². The van der Waals surface area contributed by atoms with E-state index in [0.717, 1.165) is 43.5 Å². The number of fused-ring (bicyclic) bond motifs is 1. The molecule has 0 spiro atoms. The Kier molecular flexibility index (Phi) is 9.07. The van der Waals surface area contributed by atoms with Crippen LogP contribution in [0.1, 0.15) is 80.2 Å². The highest BCUT2D eigenvalue weighted by Gasteiger charge is 2.33. The molecule has 2 aromatic rings. The van der Waals surface area contributed by atoms with E-state index in [1.165, 1.54) is 43.7 Å². The molecule has 6 nitrogen and oxygen atoms in total. The predicted molar refractivity (Wildman–Crippen MR) is 140 cm³/mol. The smallest absolute Gasteiger partial charge is 0.349 e. The van der Waals surface area contributed by atoms with E-state index in [0.29, 0.717) is 12.1 Å². The minimum absolute atomic E-state index is 0.176. The maximum Gasteiger partial charge on any atom is 0.416 e. The molecule has 0 unspecified atom stereocenters. The van der Waals surface area contributed by atoms with Crippen LogP contribution < -0.4 is 15.4 Å². The molecule has 38 heavy (non-hydrogen) atoms. The molecule has 2 aliphatic carbocycles. The lowest BCUT2D eigenvalue weighted by Gasteiger charge is -2.27. The molecule has 4 rings (SSSR count). The monoisotopic (exact) mass is 571 g/mol. The highest BCUT2D eigenvalue weighted by Crippen LogP contribution is 2.34. The van der Waals surface area contributed by atoms with E-state index >= 15 is 0 Å². The molecule has 0 radical (unpaired) electrons. The van der Waals surface area contributed by atoms with Crippen LogP contribution >= 0.6 is 11.6 Å². The van der Waals surface area contributed by atoms with Gasteiger partial charge in [-0.1, -0.05) is 42.6 Å². The van der Waals surface area contributed by atoms with Gasteiger partial charge in [-0.2, -0.15) is 13.2 Å². The summed E-state index contributed by atoms with van der Waals surface area (Å²) in [4.78, 5) is 12.1. The summed E-state index contributed by atoms with van der Waals surface area (Å²) in [6, 6.07) is 8.00. The molecule has 1 amide bonds. The second kappa shape index (κ2) is 11.9. The SMILES string of the molecule is C[C@@H](CC(=O)N[C@@H]1CCCc2cc(CNC3CCCC3)ccc21)NS(=O)(=O)c1cc(C(F)(F)F)ccc1Cl. The molecule has 11 heteroatoms. The van der Waals surface area contributed by atoms with Gasteiger partial charge in [0.25, 0.3) is 0 Å². The fraction of sp³-hybridized carbons (Fsp3) is 0.519. The van der Waals surface area contributed by atoms with Crippen LogP contribution in [0.4, 0.5) is 13.2 Å². The van der Waals surface area contributed by atoms with Crippen molar-refractivity contribution in [1.82, 2.24) is 15.4 Å². The summed E-state index contributed by atoms with van der Waals surface area (Å²) in [5, 5.41) is 6.29. The van der Waals surface area contributed by atoms with Gasteiger partial charge >= 0.3 is 6.18 Å². The largest absolute Gasteiger partial charge is 0.416 e. The molecule has 2 aliphatic rings. The molecule has 2 aromatic carbocycles. The number of benzene rings is 2. The molecule has 208 valence electrons. The summed E-state index contributed by atoms with van der Waals surface area (Å²) in [5.41, 5.74) is 2.37. The van der Waals surface area contributed by atoms with Crippen LogP contribution in [0.15, 0.2) is 41.3 Å². The van der Waals surface area contributed by atoms with Crippen molar-refractivity contribution < 1.29 is 26.4 Å². The third-order valence-electron chi connectivity index (χ3n) is 7.20. The number of carbonyl (C=O) groups is 1. The Balaban J connectivity index is 1.35. The molecular weight excluding hydrogens is 539 g/mol. The molecule has 1 fully saturated rings. The first-order valence-corrected chi connectivity index (χ1v) is 14.8. The first-order chi connectivity index (χ1) is 17.9. The minimum Gasteiger partial charge on any atom is -0.349 e. The lowest BCUT2D eigenvalue weighted by Crippen LogP contribution is -2.39. The Morgan fingerprint density at radius 3 is 2.53 bits per heavy atom. The molecule has 1 saturated carbocycles. The first kappa shape index (κ1) is 28.9. The average molecular weight is 572 g/mol. The zero-order chi connectivity index (χ0) is 27.5. The van der Waals surface area contributed by atoms with Gasteiger partial charge in [0.05, 0.1) is 16.6 Å². The molecule has 2 atom stereocenters. The van der Waals surface area contributed by atoms with E-state index in [-0.39, 0.29) is 23.4 Å². The van der Waals surface area contributed by atoms with E-state index < -0.39 is 32.7 Å². The second-order valence-corrected chi connectivity index (χ2v) is 12.4. The van der Waals surface area contributed by atoms with Crippen molar-refractivity contribution >= 4 is 27.5 Å². The van der Waals surface area contributed by atoms with Gasteiger partial charge in [0.1, 0.15) is 4.90 Å². The average Bonchev–Trinajstić information content (AvgIpc) is 3.35. The molecule has 0 heterocycles. The third-order valence-corrected chi connectivity index (χ3v) is 9.27. The Labute approximate surface area is 226 Å². The van der Waals surface area contributed by atoms with Crippen molar-refractivity contribution in [2.45, 2.75) is 94.0 Å². The van der Waals surface area contributed by atoms with Crippen molar-refractivity contribution in [2.24, 2.45) is 0 Å². The van der Waals surface area contributed by atoms with Gasteiger partial charge < -0.3 is 10.6 Å². The number of carbonyl (C=O) groups excluding carboxylic acids is 1. The highest BCUT2D eigenvalue weighted by atomic mass is 35.5. The zero-order valence-electron chi connectivity index (χ0n) is 21.2. The summed E-state index contributed by atoms with van der Waals surface area (Å²) in [7, 11) is -4.38. The van der Waals surface area contributed by atoms with E-state index in [4.69, 9.17) is 11.6 Å². The number of rotatable bonds is 9. The fourth-order valence-corrected chi connectivity index (χ4v) is 7.08. The van der Waals surface area contributed by atoms with Crippen molar-refractivity contribution in [3.63, 3.8) is 0 Å². The fourth-order valence-electron chi connectivity index (χ4n) is 5.31. The van der Waals surface area contributed by atoms with Crippen LogP contribution in [0.3, 0.4) is 0 Å². The Morgan fingerprint density at radius 2 is 1.82 bits per heavy atom. The number of halogens is 4. The van der Waals surface area contributed by atoms with Crippen LogP contribution in [0.5, 0.6) is 0 Å². The number of aryl methyl sites for hydroxylation is 1. The van der Waals surface area contributed by atoms with Crippen LogP contribution in [0, 0.1) is 0 Å². The number of alkyl halides is 3. The lowest BCUT2D eigenvalue weighted by atomic mass is 9.86. The lowest BCUT2D eigenvalue weighted by molar-refractivity contribution is -0.137. The van der Waals surface area contributed by atoms with E-state index in [1.807, 2.05) is 0 Å². The molecular formula is C27H33ClF3N3O3S. The number of sulfonamides is 1. The van der Waals surface area contributed by atoms with E-state index in [1.54, 1.807) is 0 Å². The Bertz CT molecular complexity index is 1260.